The highest BCUT2D eigenvalue weighted by molar-refractivity contribution is 5.76. The maximum atomic E-state index is 13.1. The van der Waals surface area contributed by atoms with Crippen molar-refractivity contribution in [1.82, 2.24) is 0 Å². The van der Waals surface area contributed by atoms with Crippen LogP contribution in [-0.2, 0) is 14.3 Å². The molecule has 8 atom stereocenters. The molecule has 0 aromatic rings. The summed E-state index contributed by atoms with van der Waals surface area (Å²) in [5.41, 5.74) is -0.522. The number of hydrogen-bond acceptors (Lipinski definition) is 5. The highest BCUT2D eigenvalue weighted by Gasteiger charge is 2.42. The van der Waals surface area contributed by atoms with Crippen molar-refractivity contribution in [3.05, 3.63) is 23.8 Å². The lowest BCUT2D eigenvalue weighted by atomic mass is 9.65. The fourth-order valence-electron chi connectivity index (χ4n) is 4.73. The number of carbonyl (C=O) groups is 2. The lowest BCUT2D eigenvalue weighted by Crippen LogP contribution is -2.43. The molecule has 0 spiro atoms. The van der Waals surface area contributed by atoms with Gasteiger partial charge in [-0.2, -0.15) is 0 Å². The molecule has 0 fully saturated rings. The van der Waals surface area contributed by atoms with E-state index in [0.717, 1.165) is 5.57 Å². The molecule has 31 heavy (non-hydrogen) atoms. The standard InChI is InChI=1S/C25H40O6/c1-6-25(4,5)24(30)31-21-12-15(2)11-17-8-7-16(3)20(23(17)21)10-9-18(26)13-19(27)14-22(28)29/h7-8,11,15-16,18-21,23,26-27H,6,9-10,12-14H2,1-5H3,(H,28,29)/t15-,16-,18+,19+,20-,21-,23-/m0/s1/i4D3/t15-,16-,18+,19+,20-,21-,23-,25?. The van der Waals surface area contributed by atoms with Crippen LogP contribution in [0.15, 0.2) is 23.8 Å². The van der Waals surface area contributed by atoms with E-state index in [0.29, 0.717) is 19.3 Å². The average Bonchev–Trinajstić information content (AvgIpc) is 2.70. The van der Waals surface area contributed by atoms with E-state index in [1.165, 1.54) is 6.92 Å². The van der Waals surface area contributed by atoms with Crippen LogP contribution < -0.4 is 0 Å². The van der Waals surface area contributed by atoms with Crippen molar-refractivity contribution in [2.24, 2.45) is 29.1 Å². The van der Waals surface area contributed by atoms with Gasteiger partial charge in [-0.05, 0) is 69.2 Å². The van der Waals surface area contributed by atoms with Crippen molar-refractivity contribution in [1.29, 1.82) is 0 Å². The summed E-state index contributed by atoms with van der Waals surface area (Å²) in [5.74, 6) is -1.57. The summed E-state index contributed by atoms with van der Waals surface area (Å²) >= 11 is 0. The van der Waals surface area contributed by atoms with E-state index < -0.39 is 48.9 Å². The quantitative estimate of drug-likeness (QED) is 0.443. The van der Waals surface area contributed by atoms with Gasteiger partial charge in [0.15, 0.2) is 0 Å². The number of aliphatic hydroxyl groups is 2. The third-order valence-corrected chi connectivity index (χ3v) is 6.80. The smallest absolute Gasteiger partial charge is 0.311 e. The molecule has 0 bridgehead atoms. The first kappa shape index (κ1) is 21.2. The molecular formula is C25H40O6. The van der Waals surface area contributed by atoms with E-state index in [-0.39, 0.29) is 36.5 Å². The molecule has 6 heteroatoms. The van der Waals surface area contributed by atoms with Gasteiger partial charge in [0.2, 0.25) is 0 Å². The Morgan fingerprint density at radius 1 is 1.32 bits per heavy atom. The highest BCUT2D eigenvalue weighted by atomic mass is 16.5. The van der Waals surface area contributed by atoms with Gasteiger partial charge in [-0.3, -0.25) is 9.59 Å². The molecule has 176 valence electrons. The maximum Gasteiger partial charge on any atom is 0.311 e. The second-order valence-electron chi connectivity index (χ2n) is 9.64. The topological polar surface area (TPSA) is 104 Å². The molecule has 0 aromatic heterocycles. The molecule has 2 aliphatic carbocycles. The molecule has 0 radical (unpaired) electrons. The number of aliphatic carboxylic acids is 1. The monoisotopic (exact) mass is 439 g/mol. The Morgan fingerprint density at radius 2 is 2.03 bits per heavy atom. The van der Waals surface area contributed by atoms with E-state index >= 15 is 0 Å². The Labute approximate surface area is 190 Å². The minimum Gasteiger partial charge on any atom is -0.481 e. The summed E-state index contributed by atoms with van der Waals surface area (Å²) in [6, 6.07) is 0. The van der Waals surface area contributed by atoms with Crippen molar-refractivity contribution in [3.8, 4) is 0 Å². The second kappa shape index (κ2) is 10.8. The van der Waals surface area contributed by atoms with Crippen LogP contribution in [0.2, 0.25) is 0 Å². The van der Waals surface area contributed by atoms with Crippen LogP contribution in [0.1, 0.15) is 77.2 Å². The van der Waals surface area contributed by atoms with Gasteiger partial charge >= 0.3 is 11.9 Å². The molecule has 0 saturated carbocycles. The second-order valence-corrected chi connectivity index (χ2v) is 9.64. The molecule has 0 amide bonds. The molecule has 0 heterocycles. The number of fused-ring (bicyclic) bond motifs is 1. The molecular weight excluding hydrogens is 396 g/mol. The van der Waals surface area contributed by atoms with Crippen molar-refractivity contribution in [2.45, 2.75) is 91.4 Å². The lowest BCUT2D eigenvalue weighted by molar-refractivity contribution is -0.164. The number of carbonyl (C=O) groups excluding carboxylic acids is 1. The maximum absolute atomic E-state index is 13.1. The fraction of sp³-hybridized carbons (Fsp3) is 0.760. The Morgan fingerprint density at radius 3 is 2.65 bits per heavy atom. The molecule has 0 saturated heterocycles. The number of allylic oxidation sites excluding steroid dienone is 3. The van der Waals surface area contributed by atoms with Crippen LogP contribution in [0.25, 0.3) is 0 Å². The van der Waals surface area contributed by atoms with Gasteiger partial charge in [-0.1, -0.05) is 39.0 Å². The largest absolute Gasteiger partial charge is 0.481 e. The number of carboxylic acids is 1. The van der Waals surface area contributed by atoms with Gasteiger partial charge in [0.05, 0.1) is 24.0 Å². The van der Waals surface area contributed by atoms with Crippen molar-refractivity contribution < 1.29 is 33.8 Å². The van der Waals surface area contributed by atoms with Crippen LogP contribution in [-0.4, -0.2) is 45.6 Å². The Hall–Kier alpha value is -1.66. The summed E-state index contributed by atoms with van der Waals surface area (Å²) in [6.45, 7) is 4.75. The molecule has 0 aromatic carbocycles. The van der Waals surface area contributed by atoms with Crippen LogP contribution in [0.5, 0.6) is 0 Å². The average molecular weight is 440 g/mol. The number of aliphatic hydroxyl groups excluding tert-OH is 2. The van der Waals surface area contributed by atoms with Gasteiger partial charge in [0.25, 0.3) is 0 Å². The van der Waals surface area contributed by atoms with Crippen molar-refractivity contribution in [2.75, 3.05) is 0 Å². The van der Waals surface area contributed by atoms with Gasteiger partial charge in [0, 0.05) is 10.0 Å². The zero-order valence-electron chi connectivity index (χ0n) is 22.1. The molecule has 1 unspecified atom stereocenters. The summed E-state index contributed by atoms with van der Waals surface area (Å²) < 4.78 is 29.6. The number of carboxylic acid groups (broad SMARTS) is 1. The van der Waals surface area contributed by atoms with E-state index in [1.54, 1.807) is 6.92 Å². The summed E-state index contributed by atoms with van der Waals surface area (Å²) in [7, 11) is 0. The number of esters is 1. The third kappa shape index (κ3) is 6.91. The van der Waals surface area contributed by atoms with E-state index in [2.05, 4.69) is 25.2 Å². The predicted molar refractivity (Wildman–Crippen MR) is 119 cm³/mol. The van der Waals surface area contributed by atoms with E-state index in [9.17, 15) is 19.8 Å². The van der Waals surface area contributed by atoms with Crippen LogP contribution in [0.4, 0.5) is 0 Å². The highest BCUT2D eigenvalue weighted by Crippen LogP contribution is 2.45. The zero-order valence-corrected chi connectivity index (χ0v) is 19.1. The van der Waals surface area contributed by atoms with Crippen LogP contribution in [0.3, 0.4) is 0 Å². The Kier molecular flexibility index (Phi) is 7.37. The van der Waals surface area contributed by atoms with E-state index in [4.69, 9.17) is 14.0 Å². The SMILES string of the molecule is [2H]C([2H])([2H])C(C)(CC)C(=O)O[C@H]1C[C@@H](C)C=C2C=C[C@H](C)[C@H](CC[C@@H](O)C[C@@H](O)CC(=O)O)[C@H]21. The molecule has 0 aliphatic heterocycles. The van der Waals surface area contributed by atoms with Crippen molar-refractivity contribution >= 4 is 11.9 Å². The molecule has 2 rings (SSSR count). The summed E-state index contributed by atoms with van der Waals surface area (Å²) in [6.07, 6.45) is 5.19. The molecule has 6 nitrogen and oxygen atoms in total. The Balaban J connectivity index is 2.20. The lowest BCUT2D eigenvalue weighted by Gasteiger charge is -2.44. The van der Waals surface area contributed by atoms with Crippen LogP contribution >= 0.6 is 0 Å². The van der Waals surface area contributed by atoms with Crippen molar-refractivity contribution in [3.63, 3.8) is 0 Å². The predicted octanol–water partition coefficient (Wildman–Crippen LogP) is 4.11. The number of ether oxygens (including phenoxy) is 1. The first-order chi connectivity index (χ1) is 15.7. The molecule has 3 N–H and O–H groups in total. The van der Waals surface area contributed by atoms with Gasteiger partial charge in [-0.15, -0.1) is 0 Å². The first-order valence-corrected chi connectivity index (χ1v) is 11.4. The normalized spacial score (nSPS) is 33.5. The minimum atomic E-state index is -2.47. The summed E-state index contributed by atoms with van der Waals surface area (Å²) in [5, 5.41) is 29.0. The van der Waals surface area contributed by atoms with Gasteiger partial charge in [-0.25, -0.2) is 0 Å². The van der Waals surface area contributed by atoms with Gasteiger partial charge < -0.3 is 20.1 Å². The third-order valence-electron chi connectivity index (χ3n) is 6.80. The number of rotatable bonds is 10. The fourth-order valence-corrected chi connectivity index (χ4v) is 4.73. The zero-order chi connectivity index (χ0) is 25.8. The van der Waals surface area contributed by atoms with Gasteiger partial charge in [0.1, 0.15) is 6.10 Å². The summed E-state index contributed by atoms with van der Waals surface area (Å²) in [4.78, 5) is 23.9. The minimum absolute atomic E-state index is 0.0144. The van der Waals surface area contributed by atoms with E-state index in [1.807, 2.05) is 6.92 Å². The first-order valence-electron chi connectivity index (χ1n) is 12.9. The Bertz CT molecular complexity index is 792. The van der Waals surface area contributed by atoms with Crippen LogP contribution in [0, 0.1) is 29.1 Å². The number of hydrogen-bond donors (Lipinski definition) is 3. The molecule has 2 aliphatic rings.